The van der Waals surface area contributed by atoms with E-state index in [-0.39, 0.29) is 5.82 Å². The molecule has 0 bridgehead atoms. The molecule has 4 aromatic rings. The minimum Gasteiger partial charge on any atom is -0.207 e. The van der Waals surface area contributed by atoms with Crippen LogP contribution in [0.4, 0.5) is 4.39 Å². The van der Waals surface area contributed by atoms with E-state index in [1.165, 1.54) is 15.7 Å². The Morgan fingerprint density at radius 3 is 1.26 bits per heavy atom. The minimum atomic E-state index is -1.95. The third-order valence-corrected chi connectivity index (χ3v) is 10.2. The zero-order valence-electron chi connectivity index (χ0n) is 18.1. The predicted octanol–water partition coefficient (Wildman–Crippen LogP) is 3.17. The van der Waals surface area contributed by atoms with Gasteiger partial charge >= 0.3 is 106 Å². The van der Waals surface area contributed by atoms with Crippen LogP contribution < -0.4 is 3.58 Å². The molecular formula is C21H23FN8Sn. The fourth-order valence-corrected chi connectivity index (χ4v) is 5.84. The molecule has 0 amide bonds. The van der Waals surface area contributed by atoms with Crippen molar-refractivity contribution in [2.24, 2.45) is 0 Å². The van der Waals surface area contributed by atoms with Gasteiger partial charge in [0.2, 0.25) is 5.82 Å². The zero-order chi connectivity index (χ0) is 22.4. The number of rotatable bonds is 3. The molecule has 2 aromatic heterocycles. The number of hydrogen-bond donors (Lipinski definition) is 0. The van der Waals surface area contributed by atoms with Crippen LogP contribution >= 0.6 is 0 Å². The molecule has 0 aliphatic heterocycles. The van der Waals surface area contributed by atoms with E-state index in [9.17, 15) is 4.39 Å². The van der Waals surface area contributed by atoms with E-state index in [0.717, 1.165) is 5.56 Å². The third kappa shape index (κ3) is 6.51. The van der Waals surface area contributed by atoms with Gasteiger partial charge in [0.1, 0.15) is 5.82 Å². The molecule has 0 atom stereocenters. The first-order chi connectivity index (χ1) is 14.7. The van der Waals surface area contributed by atoms with Gasteiger partial charge in [-0.3, -0.25) is 0 Å². The fraction of sp³-hybridized carbons (Fsp3) is 0.238. The fourth-order valence-electron chi connectivity index (χ4n) is 2.51. The molecule has 0 spiro atoms. The minimum absolute atomic E-state index is 0.290. The number of aromatic nitrogens is 8. The molecular weight excluding hydrogens is 501 g/mol. The first-order valence-electron chi connectivity index (χ1n) is 9.67. The smallest absolute Gasteiger partial charge is 0.203 e. The Hall–Kier alpha value is -2.95. The summed E-state index contributed by atoms with van der Waals surface area (Å²) < 4.78 is 14.1. The van der Waals surface area contributed by atoms with Gasteiger partial charge in [-0.1, -0.05) is 0 Å². The van der Waals surface area contributed by atoms with Gasteiger partial charge < -0.3 is 0 Å². The van der Waals surface area contributed by atoms with Crippen molar-refractivity contribution in [3.8, 4) is 22.8 Å². The Morgan fingerprint density at radius 2 is 0.903 bits per heavy atom. The summed E-state index contributed by atoms with van der Waals surface area (Å²) in [6, 6.07) is 14.4. The molecule has 158 valence electrons. The maximum absolute atomic E-state index is 12.6. The van der Waals surface area contributed by atoms with Gasteiger partial charge in [-0.25, -0.2) is 4.39 Å². The van der Waals surface area contributed by atoms with E-state index >= 15 is 0 Å². The molecule has 31 heavy (non-hydrogen) atoms. The van der Waals surface area contributed by atoms with Gasteiger partial charge in [0, 0.05) is 5.56 Å². The summed E-state index contributed by atoms with van der Waals surface area (Å²) in [5, 5.41) is 31.1. The van der Waals surface area contributed by atoms with Crippen molar-refractivity contribution in [2.45, 2.75) is 28.7 Å². The molecule has 10 heteroatoms. The predicted molar refractivity (Wildman–Crippen MR) is 119 cm³/mol. The van der Waals surface area contributed by atoms with E-state index < -0.39 is 18.4 Å². The van der Waals surface area contributed by atoms with E-state index in [0.29, 0.717) is 28.9 Å². The number of hydrogen-bond acceptors (Lipinski definition) is 8. The number of aryl methyl sites for hydroxylation is 2. The van der Waals surface area contributed by atoms with Crippen LogP contribution in [0.1, 0.15) is 11.6 Å². The van der Waals surface area contributed by atoms with Crippen LogP contribution in [0, 0.1) is 19.7 Å². The average Bonchev–Trinajstić information content (AvgIpc) is 2.75. The molecule has 2 aromatic carbocycles. The van der Waals surface area contributed by atoms with Crippen molar-refractivity contribution in [1.82, 2.24) is 40.8 Å². The van der Waals surface area contributed by atoms with Gasteiger partial charge in [-0.2, -0.15) is 0 Å². The molecule has 0 unspecified atom stereocenters. The van der Waals surface area contributed by atoms with Crippen LogP contribution in [-0.4, -0.2) is 59.2 Å². The molecule has 8 nitrogen and oxygen atoms in total. The van der Waals surface area contributed by atoms with Crippen molar-refractivity contribution < 1.29 is 4.39 Å². The Balaban J connectivity index is 0.000000179. The molecule has 0 aliphatic carbocycles. The number of benzene rings is 2. The Labute approximate surface area is 184 Å². The first kappa shape index (κ1) is 22.7. The number of nitrogens with zero attached hydrogens (tertiary/aromatic N) is 8. The largest absolute Gasteiger partial charge is 0.207 e. The van der Waals surface area contributed by atoms with Crippen LogP contribution in [0.5, 0.6) is 0 Å². The summed E-state index contributed by atoms with van der Waals surface area (Å²) >= 11 is -1.95. The van der Waals surface area contributed by atoms with E-state index in [4.69, 9.17) is 0 Å². The standard InChI is InChI=1S/C9H7FN4.C9H7N4.3CH3.Sn/c1-6-11-13-9(14-12-6)7-2-4-8(10)5-3-7;1-7-10-12-9(13-11-7)8-5-3-2-4-6-8;;;;/h2-5H,1H3;3-6H,1H3;3*1H3;/i10-1;;;;;. The second kappa shape index (κ2) is 9.90. The maximum Gasteiger partial charge on any atom is 0.203 e. The SMILES string of the molecule is Cc1nnc(-c2cc[c]([Sn]([CH3])([CH3])[CH3])cc2)nn1.Cc1nnc(-c2ccc([18F])cc2)nn1. The summed E-state index contributed by atoms with van der Waals surface area (Å²) in [4.78, 5) is 7.19. The number of halogens is 1. The van der Waals surface area contributed by atoms with E-state index in [1.807, 2.05) is 0 Å². The monoisotopic (exact) mass is 525 g/mol. The summed E-state index contributed by atoms with van der Waals surface area (Å²) in [5.74, 6) is 1.80. The van der Waals surface area contributed by atoms with Crippen molar-refractivity contribution in [1.29, 1.82) is 0 Å². The van der Waals surface area contributed by atoms with Crippen LogP contribution in [-0.2, 0) is 0 Å². The van der Waals surface area contributed by atoms with Crippen molar-refractivity contribution in [2.75, 3.05) is 0 Å². The normalized spacial score (nSPS) is 10.9. The third-order valence-electron chi connectivity index (χ3n) is 4.27. The molecule has 0 fully saturated rings. The van der Waals surface area contributed by atoms with Crippen molar-refractivity contribution in [3.63, 3.8) is 0 Å². The van der Waals surface area contributed by atoms with Gasteiger partial charge in [0.05, 0.1) is 0 Å². The molecule has 0 saturated carbocycles. The molecule has 0 radical (unpaired) electrons. The topological polar surface area (TPSA) is 103 Å². The summed E-state index contributed by atoms with van der Waals surface area (Å²) in [5.41, 5.74) is 1.68. The van der Waals surface area contributed by atoms with E-state index in [1.54, 1.807) is 26.0 Å². The van der Waals surface area contributed by atoms with Crippen molar-refractivity contribution in [3.05, 3.63) is 66.0 Å². The van der Waals surface area contributed by atoms with Crippen LogP contribution in [0.15, 0.2) is 48.5 Å². The molecule has 0 N–H and O–H groups in total. The summed E-state index contributed by atoms with van der Waals surface area (Å²) in [6.45, 7) is 3.48. The Kier molecular flexibility index (Phi) is 7.26. The zero-order valence-corrected chi connectivity index (χ0v) is 20.9. The summed E-state index contributed by atoms with van der Waals surface area (Å²) in [7, 11) is 0. The Morgan fingerprint density at radius 1 is 0.548 bits per heavy atom. The van der Waals surface area contributed by atoms with Crippen LogP contribution in [0.25, 0.3) is 22.8 Å². The quantitative estimate of drug-likeness (QED) is 0.377. The van der Waals surface area contributed by atoms with Gasteiger partial charge in [-0.05, 0) is 31.2 Å². The van der Waals surface area contributed by atoms with Crippen LogP contribution in [0.3, 0.4) is 0 Å². The van der Waals surface area contributed by atoms with Crippen molar-refractivity contribution >= 4 is 22.0 Å². The Bertz CT molecular complexity index is 1070. The van der Waals surface area contributed by atoms with Gasteiger partial charge in [0.15, 0.2) is 5.82 Å². The second-order valence-corrected chi connectivity index (χ2v) is 22.4. The maximum atomic E-state index is 12.6. The van der Waals surface area contributed by atoms with E-state index in [2.05, 4.69) is 79.9 Å². The average molecular weight is 524 g/mol. The molecule has 4 rings (SSSR count). The molecule has 0 saturated heterocycles. The van der Waals surface area contributed by atoms with Crippen LogP contribution in [0.2, 0.25) is 14.8 Å². The van der Waals surface area contributed by atoms with Gasteiger partial charge in [0.25, 0.3) is 0 Å². The molecule has 0 aliphatic rings. The summed E-state index contributed by atoms with van der Waals surface area (Å²) in [6.07, 6.45) is 0. The second-order valence-electron chi connectivity index (χ2n) is 7.88. The van der Waals surface area contributed by atoms with Gasteiger partial charge in [-0.15, -0.1) is 20.4 Å². The molecule has 2 heterocycles. The first-order valence-corrected chi connectivity index (χ1v) is 19.7.